The van der Waals surface area contributed by atoms with Gasteiger partial charge in [0.05, 0.1) is 12.2 Å². The lowest BCUT2D eigenvalue weighted by Gasteiger charge is -2.07. The fourth-order valence-electron chi connectivity index (χ4n) is 1.76. The molecule has 0 atom stereocenters. The van der Waals surface area contributed by atoms with Gasteiger partial charge in [0, 0.05) is 30.4 Å². The van der Waals surface area contributed by atoms with Gasteiger partial charge >= 0.3 is 0 Å². The maximum atomic E-state index is 13.8. The quantitative estimate of drug-likeness (QED) is 0.878. The minimum absolute atomic E-state index is 0.0274. The van der Waals surface area contributed by atoms with Gasteiger partial charge in [-0.1, -0.05) is 11.8 Å². The van der Waals surface area contributed by atoms with Gasteiger partial charge in [0.25, 0.3) is 0 Å². The van der Waals surface area contributed by atoms with E-state index in [1.54, 1.807) is 24.5 Å². The minimum Gasteiger partial charge on any atom is -0.489 e. The third-order valence-corrected chi connectivity index (χ3v) is 2.74. The second-order valence-corrected chi connectivity index (χ2v) is 4.58. The molecule has 21 heavy (non-hydrogen) atoms. The number of pyridine rings is 1. The Labute approximate surface area is 123 Å². The highest BCUT2D eigenvalue weighted by molar-refractivity contribution is 5.39. The van der Waals surface area contributed by atoms with Gasteiger partial charge in [0.1, 0.15) is 18.2 Å². The van der Waals surface area contributed by atoms with Crippen LogP contribution in [0.5, 0.6) is 5.75 Å². The number of ether oxygens (including phenoxy) is 1. The van der Waals surface area contributed by atoms with Crippen LogP contribution in [0.15, 0.2) is 36.7 Å². The second kappa shape index (κ2) is 7.41. The number of halogens is 1. The van der Waals surface area contributed by atoms with E-state index in [0.29, 0.717) is 24.3 Å². The van der Waals surface area contributed by atoms with E-state index in [1.165, 1.54) is 6.07 Å². The van der Waals surface area contributed by atoms with Crippen LogP contribution in [0.25, 0.3) is 0 Å². The number of hydrogen-bond donors (Lipinski definition) is 1. The first-order valence-electron chi connectivity index (χ1n) is 6.61. The Morgan fingerprint density at radius 1 is 1.29 bits per heavy atom. The molecule has 3 nitrogen and oxygen atoms in total. The zero-order valence-corrected chi connectivity index (χ0v) is 11.8. The first-order valence-corrected chi connectivity index (χ1v) is 6.61. The molecule has 0 saturated carbocycles. The highest BCUT2D eigenvalue weighted by Crippen LogP contribution is 2.17. The molecule has 0 fully saturated rings. The molecule has 0 aliphatic rings. The summed E-state index contributed by atoms with van der Waals surface area (Å²) in [5, 5.41) is 8.63. The summed E-state index contributed by atoms with van der Waals surface area (Å²) >= 11 is 0. The van der Waals surface area contributed by atoms with E-state index in [4.69, 9.17) is 9.84 Å². The van der Waals surface area contributed by atoms with Crippen LogP contribution in [0.1, 0.15) is 23.1 Å². The summed E-state index contributed by atoms with van der Waals surface area (Å²) in [6.07, 6.45) is 3.82. The van der Waals surface area contributed by atoms with Crippen LogP contribution in [0.2, 0.25) is 0 Å². The molecule has 0 saturated heterocycles. The summed E-state index contributed by atoms with van der Waals surface area (Å²) in [4.78, 5) is 4.08. The lowest BCUT2D eigenvalue weighted by atomic mass is 10.2. The van der Waals surface area contributed by atoms with Crippen molar-refractivity contribution in [3.8, 4) is 17.6 Å². The topological polar surface area (TPSA) is 42.4 Å². The Morgan fingerprint density at radius 3 is 2.86 bits per heavy atom. The van der Waals surface area contributed by atoms with E-state index in [1.807, 2.05) is 13.0 Å². The predicted octanol–water partition coefficient (Wildman–Crippen LogP) is 2.84. The van der Waals surface area contributed by atoms with Crippen LogP contribution < -0.4 is 4.74 Å². The molecule has 0 bridgehead atoms. The Bertz CT molecular complexity index is 674. The number of aliphatic hydroxyl groups is 1. The molecule has 0 unspecified atom stereocenters. The smallest absolute Gasteiger partial charge is 0.142 e. The molecular weight excluding hydrogens is 269 g/mol. The Balaban J connectivity index is 2.02. The summed E-state index contributed by atoms with van der Waals surface area (Å²) in [6, 6.07) is 6.53. The molecule has 1 N–H and O–H groups in total. The zero-order valence-electron chi connectivity index (χ0n) is 11.8. The fraction of sp³-hybridized carbons (Fsp3) is 0.235. The summed E-state index contributed by atoms with van der Waals surface area (Å²) in [5.74, 6) is 5.37. The van der Waals surface area contributed by atoms with Crippen LogP contribution in [0.3, 0.4) is 0 Å². The van der Waals surface area contributed by atoms with Gasteiger partial charge in [-0.15, -0.1) is 0 Å². The third-order valence-electron chi connectivity index (χ3n) is 2.74. The molecule has 1 aromatic carbocycles. The summed E-state index contributed by atoms with van der Waals surface area (Å²) < 4.78 is 19.4. The maximum absolute atomic E-state index is 13.8. The van der Waals surface area contributed by atoms with Crippen molar-refractivity contribution < 1.29 is 14.2 Å². The monoisotopic (exact) mass is 285 g/mol. The van der Waals surface area contributed by atoms with Crippen LogP contribution in [-0.4, -0.2) is 16.7 Å². The highest BCUT2D eigenvalue weighted by Gasteiger charge is 2.03. The van der Waals surface area contributed by atoms with E-state index in [-0.39, 0.29) is 6.61 Å². The zero-order chi connectivity index (χ0) is 15.1. The standard InChI is InChI=1S/C17H16FNO2/c1-13-8-14(11-19-10-13)12-21-16-6-5-15(17(18)9-16)4-2-3-7-20/h5-6,8-11,20H,3,7,12H2,1H3. The van der Waals surface area contributed by atoms with Crippen LogP contribution in [0, 0.1) is 24.6 Å². The van der Waals surface area contributed by atoms with Gasteiger partial charge in [-0.25, -0.2) is 4.39 Å². The summed E-state index contributed by atoms with van der Waals surface area (Å²) in [5.41, 5.74) is 2.28. The first-order chi connectivity index (χ1) is 10.2. The predicted molar refractivity (Wildman–Crippen MR) is 78.3 cm³/mol. The SMILES string of the molecule is Cc1cncc(COc2ccc(C#CCCO)c(F)c2)c1. The molecule has 2 aromatic rings. The highest BCUT2D eigenvalue weighted by atomic mass is 19.1. The molecule has 0 aliphatic heterocycles. The Kier molecular flexibility index (Phi) is 5.30. The molecule has 1 aromatic heterocycles. The molecule has 2 rings (SSSR count). The molecule has 108 valence electrons. The van der Waals surface area contributed by atoms with Crippen molar-refractivity contribution >= 4 is 0 Å². The molecule has 0 amide bonds. The minimum atomic E-state index is -0.430. The van der Waals surface area contributed by atoms with Crippen molar-refractivity contribution in [1.82, 2.24) is 4.98 Å². The van der Waals surface area contributed by atoms with E-state index in [9.17, 15) is 4.39 Å². The lowest BCUT2D eigenvalue weighted by Crippen LogP contribution is -1.97. The molecule has 0 radical (unpaired) electrons. The van der Waals surface area contributed by atoms with Crippen molar-refractivity contribution in [3.05, 3.63) is 59.2 Å². The second-order valence-electron chi connectivity index (χ2n) is 4.58. The van der Waals surface area contributed by atoms with E-state index in [2.05, 4.69) is 16.8 Å². The van der Waals surface area contributed by atoms with Crippen molar-refractivity contribution in [2.45, 2.75) is 20.0 Å². The normalized spacial score (nSPS) is 9.86. The van der Waals surface area contributed by atoms with Gasteiger partial charge in [-0.2, -0.15) is 0 Å². The fourth-order valence-corrected chi connectivity index (χ4v) is 1.76. The van der Waals surface area contributed by atoms with Gasteiger partial charge in [0.2, 0.25) is 0 Å². The number of nitrogens with zero attached hydrogens (tertiary/aromatic N) is 1. The first kappa shape index (κ1) is 15.0. The molecular formula is C17H16FNO2. The number of rotatable bonds is 4. The van der Waals surface area contributed by atoms with E-state index in [0.717, 1.165) is 11.1 Å². The maximum Gasteiger partial charge on any atom is 0.142 e. The molecule has 0 spiro atoms. The van der Waals surface area contributed by atoms with E-state index < -0.39 is 5.82 Å². The van der Waals surface area contributed by atoms with Crippen LogP contribution in [-0.2, 0) is 6.61 Å². The van der Waals surface area contributed by atoms with Crippen molar-refractivity contribution in [2.75, 3.05) is 6.61 Å². The third kappa shape index (κ3) is 4.59. The van der Waals surface area contributed by atoms with Crippen molar-refractivity contribution in [3.63, 3.8) is 0 Å². The van der Waals surface area contributed by atoms with Crippen LogP contribution in [0.4, 0.5) is 4.39 Å². The van der Waals surface area contributed by atoms with Crippen LogP contribution >= 0.6 is 0 Å². The van der Waals surface area contributed by atoms with Crippen molar-refractivity contribution in [1.29, 1.82) is 0 Å². The summed E-state index contributed by atoms with van der Waals surface area (Å²) in [7, 11) is 0. The Hall–Kier alpha value is -2.38. The molecule has 0 aliphatic carbocycles. The Morgan fingerprint density at radius 2 is 2.14 bits per heavy atom. The number of aryl methyl sites for hydroxylation is 1. The molecule has 4 heteroatoms. The summed E-state index contributed by atoms with van der Waals surface area (Å²) in [6.45, 7) is 2.26. The van der Waals surface area contributed by atoms with Crippen molar-refractivity contribution in [2.24, 2.45) is 0 Å². The number of aliphatic hydroxyl groups excluding tert-OH is 1. The number of hydrogen-bond acceptors (Lipinski definition) is 3. The van der Waals surface area contributed by atoms with Gasteiger partial charge in [0.15, 0.2) is 0 Å². The average Bonchev–Trinajstić information content (AvgIpc) is 2.47. The lowest BCUT2D eigenvalue weighted by molar-refractivity contribution is 0.304. The van der Waals surface area contributed by atoms with E-state index >= 15 is 0 Å². The van der Waals surface area contributed by atoms with Gasteiger partial charge in [-0.3, -0.25) is 4.98 Å². The largest absolute Gasteiger partial charge is 0.489 e. The van der Waals surface area contributed by atoms with Gasteiger partial charge < -0.3 is 9.84 Å². The number of aromatic nitrogens is 1. The number of benzene rings is 1. The molecule has 1 heterocycles. The van der Waals surface area contributed by atoms with Gasteiger partial charge in [-0.05, 0) is 30.7 Å². The average molecular weight is 285 g/mol.